The Labute approximate surface area is 136 Å². The number of anilines is 1. The number of nitrogens with zero attached hydrogens (tertiary/aromatic N) is 2. The van der Waals surface area contributed by atoms with E-state index < -0.39 is 0 Å². The predicted molar refractivity (Wildman–Crippen MR) is 89.1 cm³/mol. The minimum absolute atomic E-state index is 0.109. The summed E-state index contributed by atoms with van der Waals surface area (Å²) in [5.74, 6) is -0.109. The fraction of sp³-hybridized carbons (Fsp3) is 0.0625. The van der Waals surface area contributed by atoms with E-state index in [0.717, 1.165) is 22.0 Å². The van der Waals surface area contributed by atoms with Gasteiger partial charge in [0.05, 0.1) is 17.1 Å². The molecule has 2 heterocycles. The molecule has 0 aliphatic rings. The van der Waals surface area contributed by atoms with Crippen LogP contribution in [0.25, 0.3) is 10.6 Å². The van der Waals surface area contributed by atoms with E-state index in [0.29, 0.717) is 5.02 Å². The van der Waals surface area contributed by atoms with Gasteiger partial charge in [-0.05, 0) is 18.2 Å². The van der Waals surface area contributed by atoms with Crippen molar-refractivity contribution >= 4 is 34.5 Å². The number of pyridine rings is 1. The summed E-state index contributed by atoms with van der Waals surface area (Å²) in [5.41, 5.74) is 2.34. The second-order valence-electron chi connectivity index (χ2n) is 4.58. The molecule has 22 heavy (non-hydrogen) atoms. The monoisotopic (exact) mass is 329 g/mol. The molecule has 110 valence electrons. The van der Waals surface area contributed by atoms with E-state index in [9.17, 15) is 4.79 Å². The maximum Gasteiger partial charge on any atom is 0.230 e. The highest BCUT2D eigenvalue weighted by Crippen LogP contribution is 2.30. The van der Waals surface area contributed by atoms with Crippen LogP contribution in [0.15, 0.2) is 54.2 Å². The van der Waals surface area contributed by atoms with Gasteiger partial charge >= 0.3 is 0 Å². The van der Waals surface area contributed by atoms with Crippen LogP contribution < -0.4 is 5.32 Å². The molecular weight excluding hydrogens is 318 g/mol. The second kappa shape index (κ2) is 6.68. The number of hydrogen-bond acceptors (Lipinski definition) is 4. The van der Waals surface area contributed by atoms with Crippen LogP contribution in [-0.2, 0) is 11.2 Å². The molecule has 0 spiro atoms. The normalized spacial score (nSPS) is 10.4. The van der Waals surface area contributed by atoms with Crippen molar-refractivity contribution in [2.24, 2.45) is 0 Å². The first-order valence-corrected chi connectivity index (χ1v) is 7.87. The molecule has 2 aromatic heterocycles. The first-order chi connectivity index (χ1) is 10.7. The molecule has 4 nitrogen and oxygen atoms in total. The third-order valence-electron chi connectivity index (χ3n) is 2.96. The van der Waals surface area contributed by atoms with Gasteiger partial charge in [0.25, 0.3) is 0 Å². The number of carbonyl (C=O) groups excluding carboxylic acids is 1. The zero-order valence-electron chi connectivity index (χ0n) is 11.5. The summed E-state index contributed by atoms with van der Waals surface area (Å²) in [6, 6.07) is 11.0. The zero-order chi connectivity index (χ0) is 15.4. The molecule has 0 saturated carbocycles. The third kappa shape index (κ3) is 3.50. The maximum absolute atomic E-state index is 12.0. The molecule has 0 aliphatic heterocycles. The molecular formula is C16H12ClN3OS. The van der Waals surface area contributed by atoms with E-state index in [2.05, 4.69) is 15.3 Å². The summed E-state index contributed by atoms with van der Waals surface area (Å²) in [7, 11) is 0. The fourth-order valence-electron chi connectivity index (χ4n) is 1.95. The Hall–Kier alpha value is -2.24. The number of rotatable bonds is 4. The number of halogens is 1. The van der Waals surface area contributed by atoms with Crippen LogP contribution in [0.4, 0.5) is 5.69 Å². The molecule has 0 unspecified atom stereocenters. The number of aromatic nitrogens is 2. The highest BCUT2D eigenvalue weighted by atomic mass is 35.5. The van der Waals surface area contributed by atoms with Crippen LogP contribution in [0.1, 0.15) is 5.69 Å². The van der Waals surface area contributed by atoms with Crippen LogP contribution in [0.3, 0.4) is 0 Å². The molecule has 0 radical (unpaired) electrons. The molecule has 0 aliphatic carbocycles. The van der Waals surface area contributed by atoms with Gasteiger partial charge < -0.3 is 5.32 Å². The lowest BCUT2D eigenvalue weighted by Gasteiger charge is -2.02. The second-order valence-corrected chi connectivity index (χ2v) is 5.85. The molecule has 0 bridgehead atoms. The number of amides is 1. The molecule has 0 saturated heterocycles. The standard InChI is InChI=1S/C16H12ClN3OS/c17-14-4-2-1-3-13(14)16-20-12(10-22-16)9-15(21)19-11-5-7-18-8-6-11/h1-8,10H,9H2,(H,18,19,21). The quantitative estimate of drug-likeness (QED) is 0.786. The molecule has 0 fully saturated rings. The van der Waals surface area contributed by atoms with Crippen molar-refractivity contribution in [1.29, 1.82) is 0 Å². The average Bonchev–Trinajstić information content (AvgIpc) is 2.97. The molecule has 1 N–H and O–H groups in total. The molecule has 1 amide bonds. The summed E-state index contributed by atoms with van der Waals surface area (Å²) < 4.78 is 0. The van der Waals surface area contributed by atoms with Gasteiger partial charge in [0.15, 0.2) is 0 Å². The van der Waals surface area contributed by atoms with Gasteiger partial charge in [-0.1, -0.05) is 29.8 Å². The van der Waals surface area contributed by atoms with Gasteiger partial charge in [0, 0.05) is 29.0 Å². The van der Waals surface area contributed by atoms with Crippen molar-refractivity contribution in [2.45, 2.75) is 6.42 Å². The Bertz CT molecular complexity index is 789. The number of thiazole rings is 1. The van der Waals surface area contributed by atoms with Crippen LogP contribution in [-0.4, -0.2) is 15.9 Å². The van der Waals surface area contributed by atoms with Gasteiger partial charge in [-0.25, -0.2) is 4.98 Å². The van der Waals surface area contributed by atoms with Gasteiger partial charge in [0.1, 0.15) is 5.01 Å². The summed E-state index contributed by atoms with van der Waals surface area (Å²) >= 11 is 7.64. The van der Waals surface area contributed by atoms with Gasteiger partial charge in [-0.3, -0.25) is 9.78 Å². The van der Waals surface area contributed by atoms with E-state index >= 15 is 0 Å². The summed E-state index contributed by atoms with van der Waals surface area (Å²) in [5, 5.41) is 6.16. The lowest BCUT2D eigenvalue weighted by molar-refractivity contribution is -0.115. The smallest absolute Gasteiger partial charge is 0.230 e. The lowest BCUT2D eigenvalue weighted by atomic mass is 10.2. The highest BCUT2D eigenvalue weighted by molar-refractivity contribution is 7.13. The topological polar surface area (TPSA) is 54.9 Å². The molecule has 3 aromatic rings. The van der Waals surface area contributed by atoms with E-state index in [-0.39, 0.29) is 12.3 Å². The predicted octanol–water partition coefficient (Wildman–Crippen LogP) is 4.04. The van der Waals surface area contributed by atoms with E-state index in [1.54, 1.807) is 24.5 Å². The van der Waals surface area contributed by atoms with Crippen molar-refractivity contribution in [3.05, 3.63) is 64.9 Å². The minimum atomic E-state index is -0.109. The van der Waals surface area contributed by atoms with Gasteiger partial charge in [-0.2, -0.15) is 0 Å². The molecule has 3 rings (SSSR count). The van der Waals surface area contributed by atoms with Crippen LogP contribution in [0, 0.1) is 0 Å². The largest absolute Gasteiger partial charge is 0.326 e. The average molecular weight is 330 g/mol. The van der Waals surface area contributed by atoms with Crippen molar-refractivity contribution in [1.82, 2.24) is 9.97 Å². The fourth-order valence-corrected chi connectivity index (χ4v) is 3.09. The first kappa shape index (κ1) is 14.7. The van der Waals surface area contributed by atoms with Gasteiger partial charge in [-0.15, -0.1) is 11.3 Å². The van der Waals surface area contributed by atoms with Crippen molar-refractivity contribution in [3.63, 3.8) is 0 Å². The molecule has 6 heteroatoms. The number of benzene rings is 1. The van der Waals surface area contributed by atoms with E-state index in [1.807, 2.05) is 29.6 Å². The van der Waals surface area contributed by atoms with Crippen molar-refractivity contribution < 1.29 is 4.79 Å². The molecule has 1 aromatic carbocycles. The number of carbonyl (C=O) groups is 1. The lowest BCUT2D eigenvalue weighted by Crippen LogP contribution is -2.14. The van der Waals surface area contributed by atoms with E-state index in [1.165, 1.54) is 11.3 Å². The van der Waals surface area contributed by atoms with Crippen LogP contribution in [0.2, 0.25) is 5.02 Å². The first-order valence-electron chi connectivity index (χ1n) is 6.61. The summed E-state index contributed by atoms with van der Waals surface area (Å²) in [6.07, 6.45) is 3.49. The van der Waals surface area contributed by atoms with E-state index in [4.69, 9.17) is 11.6 Å². The zero-order valence-corrected chi connectivity index (χ0v) is 13.1. The van der Waals surface area contributed by atoms with Crippen molar-refractivity contribution in [2.75, 3.05) is 5.32 Å². The van der Waals surface area contributed by atoms with Gasteiger partial charge in [0.2, 0.25) is 5.91 Å². The Morgan fingerprint density at radius 3 is 2.73 bits per heavy atom. The highest BCUT2D eigenvalue weighted by Gasteiger charge is 2.11. The SMILES string of the molecule is O=C(Cc1csc(-c2ccccc2Cl)n1)Nc1ccncc1. The Kier molecular flexibility index (Phi) is 4.46. The van der Waals surface area contributed by atoms with Crippen molar-refractivity contribution in [3.8, 4) is 10.6 Å². The summed E-state index contributed by atoms with van der Waals surface area (Å²) in [6.45, 7) is 0. The Morgan fingerprint density at radius 2 is 1.95 bits per heavy atom. The Morgan fingerprint density at radius 1 is 1.18 bits per heavy atom. The summed E-state index contributed by atoms with van der Waals surface area (Å²) in [4.78, 5) is 20.4. The number of hydrogen-bond donors (Lipinski definition) is 1. The Balaban J connectivity index is 1.70. The maximum atomic E-state index is 12.0. The third-order valence-corrected chi connectivity index (χ3v) is 4.22. The number of nitrogens with one attached hydrogen (secondary N) is 1. The molecule has 0 atom stereocenters. The van der Waals surface area contributed by atoms with Crippen LogP contribution in [0.5, 0.6) is 0 Å². The van der Waals surface area contributed by atoms with Crippen LogP contribution >= 0.6 is 22.9 Å². The minimum Gasteiger partial charge on any atom is -0.326 e.